The smallest absolute Gasteiger partial charge is 0.151 e. The Balaban J connectivity index is 1.79. The molecule has 0 aromatic carbocycles. The number of rotatable bonds is 6. The third-order valence-electron chi connectivity index (χ3n) is 4.45. The maximum atomic E-state index is 8.78. The highest BCUT2D eigenvalue weighted by atomic mass is 16.3. The molecule has 0 aliphatic heterocycles. The first-order chi connectivity index (χ1) is 14.5. The molecule has 0 aliphatic carbocycles. The van der Waals surface area contributed by atoms with Gasteiger partial charge in [-0.1, -0.05) is 12.2 Å². The van der Waals surface area contributed by atoms with Crippen LogP contribution < -0.4 is 0 Å². The fraction of sp³-hybridized carbons (Fsp3) is 0.120. The summed E-state index contributed by atoms with van der Waals surface area (Å²) in [5.74, 6) is 2.91. The molecule has 0 saturated heterocycles. The summed E-state index contributed by atoms with van der Waals surface area (Å²) in [4.78, 5) is 0. The van der Waals surface area contributed by atoms with Crippen LogP contribution >= 0.6 is 0 Å². The minimum atomic E-state index is 0.633. The highest BCUT2D eigenvalue weighted by molar-refractivity contribution is 5.66. The third kappa shape index (κ3) is 4.79. The topological polar surface area (TPSA) is 78.8 Å². The minimum Gasteiger partial charge on any atom is -0.455 e. The average molecular weight is 395 g/mol. The van der Waals surface area contributed by atoms with E-state index in [4.69, 9.17) is 19.4 Å². The van der Waals surface area contributed by atoms with Crippen molar-refractivity contribution in [2.45, 2.75) is 13.8 Å². The fourth-order valence-electron chi connectivity index (χ4n) is 2.82. The van der Waals surface area contributed by atoms with Gasteiger partial charge in [-0.15, -0.1) is 0 Å². The lowest BCUT2D eigenvalue weighted by Gasteiger charge is -2.04. The van der Waals surface area contributed by atoms with Crippen LogP contribution in [0, 0.1) is 22.7 Å². The predicted molar refractivity (Wildman–Crippen MR) is 118 cm³/mol. The van der Waals surface area contributed by atoms with Gasteiger partial charge in [-0.05, 0) is 74.5 Å². The van der Waals surface area contributed by atoms with Gasteiger partial charge in [0.1, 0.15) is 11.5 Å². The molecule has 0 radical (unpaired) electrons. The van der Waals surface area contributed by atoms with Crippen LogP contribution in [-0.4, -0.2) is 4.57 Å². The molecule has 0 atom stereocenters. The van der Waals surface area contributed by atoms with E-state index >= 15 is 0 Å². The Morgan fingerprint density at radius 1 is 0.767 bits per heavy atom. The number of allylic oxidation sites excluding steroid dienone is 6. The summed E-state index contributed by atoms with van der Waals surface area (Å²) in [6, 6.07) is 15.7. The summed E-state index contributed by atoms with van der Waals surface area (Å²) in [6.45, 7) is 3.51. The first-order valence-corrected chi connectivity index (χ1v) is 9.38. The quantitative estimate of drug-likeness (QED) is 0.352. The molecule has 0 saturated carbocycles. The second-order valence-corrected chi connectivity index (χ2v) is 6.71. The van der Waals surface area contributed by atoms with E-state index in [2.05, 4.69) is 12.1 Å². The lowest BCUT2D eigenvalue weighted by Crippen LogP contribution is -1.92. The predicted octanol–water partition coefficient (Wildman–Crippen LogP) is 6.51. The van der Waals surface area contributed by atoms with Crippen LogP contribution in [0.1, 0.15) is 25.4 Å². The second kappa shape index (κ2) is 9.32. The molecule has 5 heteroatoms. The number of furan rings is 2. The third-order valence-corrected chi connectivity index (χ3v) is 4.45. The normalized spacial score (nSPS) is 12.6. The van der Waals surface area contributed by atoms with E-state index in [1.807, 2.05) is 60.2 Å². The van der Waals surface area contributed by atoms with Crippen molar-refractivity contribution in [3.63, 3.8) is 0 Å². The first kappa shape index (κ1) is 20.5. The van der Waals surface area contributed by atoms with Crippen LogP contribution in [0.2, 0.25) is 0 Å². The largest absolute Gasteiger partial charge is 0.455 e. The van der Waals surface area contributed by atoms with Gasteiger partial charge >= 0.3 is 0 Å². The summed E-state index contributed by atoms with van der Waals surface area (Å²) in [5, 5.41) is 17.6. The van der Waals surface area contributed by atoms with E-state index in [0.29, 0.717) is 22.7 Å². The molecule has 3 heterocycles. The molecule has 0 spiro atoms. The van der Waals surface area contributed by atoms with Crippen LogP contribution in [0.3, 0.4) is 0 Å². The maximum absolute atomic E-state index is 8.78. The van der Waals surface area contributed by atoms with Crippen molar-refractivity contribution in [1.29, 1.82) is 10.5 Å². The van der Waals surface area contributed by atoms with Crippen molar-refractivity contribution in [1.82, 2.24) is 4.57 Å². The van der Waals surface area contributed by atoms with Gasteiger partial charge in [0.25, 0.3) is 0 Å². The molecular formula is C25H21N3O2. The number of aromatic nitrogens is 1. The summed E-state index contributed by atoms with van der Waals surface area (Å²) in [6.07, 6.45) is 10.7. The Kier molecular flexibility index (Phi) is 6.37. The molecule has 3 aromatic rings. The highest BCUT2D eigenvalue weighted by Crippen LogP contribution is 2.30. The summed E-state index contributed by atoms with van der Waals surface area (Å²) in [5.41, 5.74) is 3.12. The Hall–Kier alpha value is -4.22. The van der Waals surface area contributed by atoms with Crippen LogP contribution in [0.15, 0.2) is 80.7 Å². The molecule has 0 amide bonds. The van der Waals surface area contributed by atoms with E-state index in [1.165, 1.54) is 0 Å². The zero-order valence-corrected chi connectivity index (χ0v) is 17.1. The number of nitriles is 2. The van der Waals surface area contributed by atoms with Gasteiger partial charge in [0.05, 0.1) is 23.5 Å². The van der Waals surface area contributed by atoms with E-state index < -0.39 is 0 Å². The van der Waals surface area contributed by atoms with Gasteiger partial charge in [-0.25, -0.2) is 0 Å². The SMILES string of the molecule is C/C(C#N)=C/C=C/c1ccc(-c2ccc(-c3ccc(/C=C/C=C(/C)C#N)o3)n2C)o1. The van der Waals surface area contributed by atoms with E-state index in [9.17, 15) is 0 Å². The molecule has 0 unspecified atom stereocenters. The molecule has 3 rings (SSSR count). The fourth-order valence-corrected chi connectivity index (χ4v) is 2.82. The van der Waals surface area contributed by atoms with Crippen LogP contribution in [-0.2, 0) is 7.05 Å². The molecule has 0 fully saturated rings. The lowest BCUT2D eigenvalue weighted by atomic mass is 10.3. The summed E-state index contributed by atoms with van der Waals surface area (Å²) >= 11 is 0. The Morgan fingerprint density at radius 2 is 1.20 bits per heavy atom. The average Bonchev–Trinajstić information content (AvgIpc) is 3.47. The molecule has 0 N–H and O–H groups in total. The van der Waals surface area contributed by atoms with Gasteiger partial charge in [-0.2, -0.15) is 10.5 Å². The zero-order chi connectivity index (χ0) is 21.5. The van der Waals surface area contributed by atoms with Crippen LogP contribution in [0.25, 0.3) is 35.1 Å². The van der Waals surface area contributed by atoms with Gasteiger partial charge in [-0.3, -0.25) is 0 Å². The van der Waals surface area contributed by atoms with Crippen molar-refractivity contribution in [3.05, 3.63) is 83.4 Å². The molecule has 148 valence electrons. The molecule has 30 heavy (non-hydrogen) atoms. The van der Waals surface area contributed by atoms with Gasteiger partial charge in [0, 0.05) is 18.2 Å². The van der Waals surface area contributed by atoms with Crippen molar-refractivity contribution in [2.24, 2.45) is 7.05 Å². The summed E-state index contributed by atoms with van der Waals surface area (Å²) in [7, 11) is 1.96. The lowest BCUT2D eigenvalue weighted by molar-refractivity contribution is 0.561. The van der Waals surface area contributed by atoms with Crippen molar-refractivity contribution >= 4 is 12.2 Å². The monoisotopic (exact) mass is 395 g/mol. The molecule has 0 aliphatic rings. The maximum Gasteiger partial charge on any atom is 0.151 e. The van der Waals surface area contributed by atoms with Crippen LogP contribution in [0.4, 0.5) is 0 Å². The van der Waals surface area contributed by atoms with Crippen molar-refractivity contribution < 1.29 is 8.83 Å². The molecule has 3 aromatic heterocycles. The number of hydrogen-bond acceptors (Lipinski definition) is 4. The Bertz CT molecular complexity index is 1150. The Morgan fingerprint density at radius 3 is 1.60 bits per heavy atom. The molecule has 5 nitrogen and oxygen atoms in total. The first-order valence-electron chi connectivity index (χ1n) is 9.38. The molecular weight excluding hydrogens is 374 g/mol. The number of hydrogen-bond donors (Lipinski definition) is 0. The van der Waals surface area contributed by atoms with Gasteiger partial charge in [0.2, 0.25) is 0 Å². The standard InChI is InChI=1S/C25H21N3O2/c1-18(16-26)6-4-8-20-10-14-24(29-20)22-12-13-23(28(22)3)25-15-11-21(30-25)9-5-7-19(2)17-27/h4-15H,1-3H3/b8-4+,9-5+,18-6-,19-7-. The zero-order valence-electron chi connectivity index (χ0n) is 17.1. The summed E-state index contributed by atoms with van der Waals surface area (Å²) < 4.78 is 13.8. The van der Waals surface area contributed by atoms with Crippen molar-refractivity contribution in [2.75, 3.05) is 0 Å². The minimum absolute atomic E-state index is 0.633. The highest BCUT2D eigenvalue weighted by Gasteiger charge is 2.13. The van der Waals surface area contributed by atoms with Crippen LogP contribution in [0.5, 0.6) is 0 Å². The number of nitrogens with zero attached hydrogens (tertiary/aromatic N) is 3. The van der Waals surface area contributed by atoms with Gasteiger partial charge < -0.3 is 13.4 Å². The second-order valence-electron chi connectivity index (χ2n) is 6.71. The van der Waals surface area contributed by atoms with E-state index in [-0.39, 0.29) is 0 Å². The Labute approximate surface area is 175 Å². The van der Waals surface area contributed by atoms with E-state index in [0.717, 1.165) is 22.9 Å². The molecule has 0 bridgehead atoms. The van der Waals surface area contributed by atoms with Gasteiger partial charge in [0.15, 0.2) is 11.5 Å². The van der Waals surface area contributed by atoms with Crippen molar-refractivity contribution in [3.8, 4) is 35.0 Å². The van der Waals surface area contributed by atoms with E-state index in [1.54, 1.807) is 38.2 Å².